The average Bonchev–Trinajstić information content (AvgIpc) is 2.34. The lowest BCUT2D eigenvalue weighted by atomic mass is 10.2. The Kier molecular flexibility index (Phi) is 3.05. The van der Waals surface area contributed by atoms with Crippen molar-refractivity contribution in [2.75, 3.05) is 20.3 Å². The molecule has 0 radical (unpaired) electrons. The van der Waals surface area contributed by atoms with Gasteiger partial charge in [0, 0.05) is 19.7 Å². The van der Waals surface area contributed by atoms with Crippen molar-refractivity contribution in [3.05, 3.63) is 0 Å². The molecular weight excluding hydrogens is 180 g/mol. The standard InChI is InChI=1S/C6H14N2O3S/c1-11-5-6-3-2-4-8(6)12(7,9)10/h6H,2-5H2,1H3,(H2,7,9,10). The third kappa shape index (κ3) is 2.16. The van der Waals surface area contributed by atoms with E-state index in [2.05, 4.69) is 0 Å². The van der Waals surface area contributed by atoms with Crippen LogP contribution in [0.3, 0.4) is 0 Å². The minimum absolute atomic E-state index is 0.0648. The molecule has 0 aromatic rings. The molecule has 5 nitrogen and oxygen atoms in total. The SMILES string of the molecule is COCC1CCCN1S(N)(=O)=O. The summed E-state index contributed by atoms with van der Waals surface area (Å²) in [6.07, 6.45) is 1.70. The molecule has 1 rings (SSSR count). The predicted octanol–water partition coefficient (Wildman–Crippen LogP) is -0.699. The Morgan fingerprint density at radius 3 is 2.83 bits per heavy atom. The first-order valence-electron chi connectivity index (χ1n) is 3.84. The van der Waals surface area contributed by atoms with E-state index in [1.165, 1.54) is 4.31 Å². The number of nitrogens with two attached hydrogens (primary N) is 1. The Labute approximate surface area is 72.7 Å². The Morgan fingerprint density at radius 1 is 1.67 bits per heavy atom. The van der Waals surface area contributed by atoms with Gasteiger partial charge in [-0.2, -0.15) is 12.7 Å². The number of methoxy groups -OCH3 is 1. The Hall–Kier alpha value is -0.170. The smallest absolute Gasteiger partial charge is 0.277 e. The van der Waals surface area contributed by atoms with Gasteiger partial charge in [-0.1, -0.05) is 0 Å². The van der Waals surface area contributed by atoms with Gasteiger partial charge < -0.3 is 4.74 Å². The zero-order chi connectivity index (χ0) is 9.19. The van der Waals surface area contributed by atoms with E-state index in [0.717, 1.165) is 12.8 Å². The number of rotatable bonds is 3. The first kappa shape index (κ1) is 9.91. The molecule has 6 heteroatoms. The third-order valence-electron chi connectivity index (χ3n) is 2.01. The van der Waals surface area contributed by atoms with Gasteiger partial charge in [0.25, 0.3) is 10.2 Å². The molecule has 0 spiro atoms. The second-order valence-corrected chi connectivity index (χ2v) is 4.41. The van der Waals surface area contributed by atoms with Crippen molar-refractivity contribution >= 4 is 10.2 Å². The van der Waals surface area contributed by atoms with Crippen LogP contribution in [0.25, 0.3) is 0 Å². The average molecular weight is 194 g/mol. The highest BCUT2D eigenvalue weighted by molar-refractivity contribution is 7.86. The van der Waals surface area contributed by atoms with Crippen LogP contribution in [-0.2, 0) is 14.9 Å². The van der Waals surface area contributed by atoms with Crippen molar-refractivity contribution in [2.24, 2.45) is 5.14 Å². The van der Waals surface area contributed by atoms with Gasteiger partial charge in [0.2, 0.25) is 0 Å². The normalized spacial score (nSPS) is 26.3. The monoisotopic (exact) mass is 194 g/mol. The third-order valence-corrected chi connectivity index (χ3v) is 3.14. The molecule has 1 aliphatic heterocycles. The first-order chi connectivity index (χ1) is 5.55. The molecule has 1 saturated heterocycles. The van der Waals surface area contributed by atoms with Gasteiger partial charge in [-0.05, 0) is 12.8 Å². The van der Waals surface area contributed by atoms with E-state index in [-0.39, 0.29) is 6.04 Å². The maximum absolute atomic E-state index is 11.0. The molecule has 0 aliphatic carbocycles. The van der Waals surface area contributed by atoms with E-state index in [9.17, 15) is 8.42 Å². The highest BCUT2D eigenvalue weighted by Gasteiger charge is 2.31. The lowest BCUT2D eigenvalue weighted by molar-refractivity contribution is 0.149. The summed E-state index contributed by atoms with van der Waals surface area (Å²) >= 11 is 0. The summed E-state index contributed by atoms with van der Waals surface area (Å²) in [5.41, 5.74) is 0. The summed E-state index contributed by atoms with van der Waals surface area (Å²) in [6.45, 7) is 0.948. The minimum atomic E-state index is -3.52. The van der Waals surface area contributed by atoms with Crippen LogP contribution in [-0.4, -0.2) is 39.0 Å². The fourth-order valence-corrected chi connectivity index (χ4v) is 2.47. The number of ether oxygens (including phenoxy) is 1. The molecule has 1 heterocycles. The van der Waals surface area contributed by atoms with Crippen molar-refractivity contribution < 1.29 is 13.2 Å². The quantitative estimate of drug-likeness (QED) is 0.645. The Bertz CT molecular complexity index is 239. The Balaban J connectivity index is 2.64. The highest BCUT2D eigenvalue weighted by Crippen LogP contribution is 2.18. The summed E-state index contributed by atoms with van der Waals surface area (Å²) in [4.78, 5) is 0. The van der Waals surface area contributed by atoms with Crippen molar-refractivity contribution in [3.8, 4) is 0 Å². The molecule has 1 fully saturated rings. The summed E-state index contributed by atoms with van der Waals surface area (Å²) in [6, 6.07) is -0.0648. The van der Waals surface area contributed by atoms with Gasteiger partial charge in [-0.15, -0.1) is 0 Å². The Morgan fingerprint density at radius 2 is 2.33 bits per heavy atom. The van der Waals surface area contributed by atoms with E-state index in [0.29, 0.717) is 13.2 Å². The summed E-state index contributed by atoms with van der Waals surface area (Å²) in [7, 11) is -1.97. The van der Waals surface area contributed by atoms with E-state index in [4.69, 9.17) is 9.88 Å². The summed E-state index contributed by atoms with van der Waals surface area (Å²) < 4.78 is 28.1. The lowest BCUT2D eigenvalue weighted by Gasteiger charge is -2.20. The molecule has 1 unspecified atom stereocenters. The van der Waals surface area contributed by atoms with E-state index < -0.39 is 10.2 Å². The van der Waals surface area contributed by atoms with Gasteiger partial charge in [0.15, 0.2) is 0 Å². The maximum Gasteiger partial charge on any atom is 0.277 e. The molecule has 2 N–H and O–H groups in total. The van der Waals surface area contributed by atoms with E-state index in [1.54, 1.807) is 7.11 Å². The molecule has 0 amide bonds. The van der Waals surface area contributed by atoms with Crippen LogP contribution in [0.4, 0.5) is 0 Å². The molecule has 72 valence electrons. The number of hydrogen-bond acceptors (Lipinski definition) is 3. The van der Waals surface area contributed by atoms with Gasteiger partial charge in [-0.25, -0.2) is 5.14 Å². The summed E-state index contributed by atoms with van der Waals surface area (Å²) in [5.74, 6) is 0. The van der Waals surface area contributed by atoms with Crippen molar-refractivity contribution in [1.29, 1.82) is 0 Å². The van der Waals surface area contributed by atoms with Gasteiger partial charge in [0.1, 0.15) is 0 Å². The van der Waals surface area contributed by atoms with Crippen molar-refractivity contribution in [3.63, 3.8) is 0 Å². The second kappa shape index (κ2) is 3.69. The van der Waals surface area contributed by atoms with Crippen LogP contribution in [0.1, 0.15) is 12.8 Å². The van der Waals surface area contributed by atoms with Crippen LogP contribution in [0.15, 0.2) is 0 Å². The summed E-state index contributed by atoms with van der Waals surface area (Å²) in [5, 5.41) is 5.00. The molecule has 0 aromatic heterocycles. The molecule has 1 atom stereocenters. The van der Waals surface area contributed by atoms with E-state index in [1.807, 2.05) is 0 Å². The van der Waals surface area contributed by atoms with Gasteiger partial charge in [0.05, 0.1) is 6.61 Å². The fraction of sp³-hybridized carbons (Fsp3) is 1.00. The molecule has 0 saturated carbocycles. The van der Waals surface area contributed by atoms with E-state index >= 15 is 0 Å². The van der Waals surface area contributed by atoms with Crippen LogP contribution in [0.2, 0.25) is 0 Å². The molecular formula is C6H14N2O3S. The number of hydrogen-bond donors (Lipinski definition) is 1. The first-order valence-corrected chi connectivity index (χ1v) is 5.34. The zero-order valence-electron chi connectivity index (χ0n) is 7.06. The number of nitrogens with zero attached hydrogens (tertiary/aromatic N) is 1. The van der Waals surface area contributed by atoms with Crippen LogP contribution < -0.4 is 5.14 Å². The highest BCUT2D eigenvalue weighted by atomic mass is 32.2. The maximum atomic E-state index is 11.0. The second-order valence-electron chi connectivity index (χ2n) is 2.91. The predicted molar refractivity (Wildman–Crippen MR) is 44.7 cm³/mol. The minimum Gasteiger partial charge on any atom is -0.383 e. The topological polar surface area (TPSA) is 72.6 Å². The van der Waals surface area contributed by atoms with Crippen molar-refractivity contribution in [2.45, 2.75) is 18.9 Å². The molecule has 1 aliphatic rings. The molecule has 0 bridgehead atoms. The zero-order valence-corrected chi connectivity index (χ0v) is 7.88. The fourth-order valence-electron chi connectivity index (χ4n) is 1.50. The van der Waals surface area contributed by atoms with Gasteiger partial charge >= 0.3 is 0 Å². The molecule has 12 heavy (non-hydrogen) atoms. The van der Waals surface area contributed by atoms with Gasteiger partial charge in [-0.3, -0.25) is 0 Å². The van der Waals surface area contributed by atoms with Crippen molar-refractivity contribution in [1.82, 2.24) is 4.31 Å². The lowest BCUT2D eigenvalue weighted by Crippen LogP contribution is -2.42. The van der Waals surface area contributed by atoms with Crippen LogP contribution in [0, 0.1) is 0 Å². The van der Waals surface area contributed by atoms with Crippen LogP contribution >= 0.6 is 0 Å². The largest absolute Gasteiger partial charge is 0.383 e. The van der Waals surface area contributed by atoms with Crippen LogP contribution in [0.5, 0.6) is 0 Å². The molecule has 0 aromatic carbocycles.